The van der Waals surface area contributed by atoms with Crippen molar-refractivity contribution in [3.8, 4) is 0 Å². The minimum Gasteiger partial charge on any atom is -0.348 e. The lowest BCUT2D eigenvalue weighted by Gasteiger charge is -2.07. The number of benzene rings is 1. The molecule has 1 aromatic carbocycles. The van der Waals surface area contributed by atoms with Crippen molar-refractivity contribution in [2.24, 2.45) is 0 Å². The Morgan fingerprint density at radius 2 is 2.18 bits per heavy atom. The number of aromatic amines is 1. The van der Waals surface area contributed by atoms with Gasteiger partial charge in [-0.1, -0.05) is 25.5 Å². The monoisotopic (exact) mass is 233 g/mol. The van der Waals surface area contributed by atoms with Crippen molar-refractivity contribution in [3.63, 3.8) is 0 Å². The standard InChI is InChI=1S/C7H6N2.C6H13NO/c1-2-4-7-6(3-1)8-5-9-7;1-3-4-5-7(2)6-8/h1-5H,(H,8,9);6H,3-5H2,1-2H3. The van der Waals surface area contributed by atoms with Gasteiger partial charge in [0.25, 0.3) is 0 Å². The summed E-state index contributed by atoms with van der Waals surface area (Å²) < 4.78 is 0. The molecule has 2 aromatic rings. The molecule has 0 saturated heterocycles. The Bertz CT molecular complexity index is 409. The zero-order valence-electron chi connectivity index (χ0n) is 10.4. The molecule has 0 aliphatic rings. The first-order chi connectivity index (χ1) is 8.27. The average Bonchev–Trinajstić information content (AvgIpc) is 2.85. The van der Waals surface area contributed by atoms with Gasteiger partial charge in [0.2, 0.25) is 6.41 Å². The van der Waals surface area contributed by atoms with Crippen LogP contribution in [0.1, 0.15) is 19.8 Å². The second kappa shape index (κ2) is 7.44. The topological polar surface area (TPSA) is 49.0 Å². The van der Waals surface area contributed by atoms with E-state index in [-0.39, 0.29) is 0 Å². The van der Waals surface area contributed by atoms with Gasteiger partial charge in [-0.2, -0.15) is 0 Å². The Balaban J connectivity index is 0.000000172. The first kappa shape index (κ1) is 13.2. The molecule has 1 N–H and O–H groups in total. The van der Waals surface area contributed by atoms with Crippen LogP contribution in [0.5, 0.6) is 0 Å². The molecule has 4 heteroatoms. The number of rotatable bonds is 4. The number of imidazole rings is 1. The molecule has 1 aromatic heterocycles. The van der Waals surface area contributed by atoms with Gasteiger partial charge in [-0.3, -0.25) is 4.79 Å². The van der Waals surface area contributed by atoms with Gasteiger partial charge in [-0.05, 0) is 18.6 Å². The van der Waals surface area contributed by atoms with Gasteiger partial charge in [0.15, 0.2) is 0 Å². The number of fused-ring (bicyclic) bond motifs is 1. The first-order valence-electron chi connectivity index (χ1n) is 5.81. The first-order valence-corrected chi connectivity index (χ1v) is 5.81. The third-order valence-corrected chi connectivity index (χ3v) is 2.37. The summed E-state index contributed by atoms with van der Waals surface area (Å²) in [4.78, 5) is 18.7. The lowest BCUT2D eigenvalue weighted by atomic mass is 10.3. The molecule has 0 spiro atoms. The van der Waals surface area contributed by atoms with Gasteiger partial charge in [0.05, 0.1) is 17.4 Å². The van der Waals surface area contributed by atoms with Crippen LogP contribution in [0, 0.1) is 0 Å². The highest BCUT2D eigenvalue weighted by molar-refractivity contribution is 5.73. The van der Waals surface area contributed by atoms with Crippen LogP contribution in [0.2, 0.25) is 0 Å². The third kappa shape index (κ3) is 4.68. The summed E-state index contributed by atoms with van der Waals surface area (Å²) in [5, 5.41) is 0. The molecule has 0 atom stereocenters. The smallest absolute Gasteiger partial charge is 0.209 e. The van der Waals surface area contributed by atoms with Crippen LogP contribution in [-0.2, 0) is 4.79 Å². The molecule has 0 unspecified atom stereocenters. The molecular weight excluding hydrogens is 214 g/mol. The Morgan fingerprint density at radius 1 is 1.41 bits per heavy atom. The molecule has 17 heavy (non-hydrogen) atoms. The molecule has 0 aliphatic heterocycles. The molecule has 2 rings (SSSR count). The predicted octanol–water partition coefficient (Wildman–Crippen LogP) is 2.44. The molecular formula is C13H19N3O. The molecule has 0 saturated carbocycles. The molecule has 1 amide bonds. The van der Waals surface area contributed by atoms with Gasteiger partial charge in [0.1, 0.15) is 0 Å². The number of nitrogens with one attached hydrogen (secondary N) is 1. The quantitative estimate of drug-likeness (QED) is 0.824. The van der Waals surface area contributed by atoms with Gasteiger partial charge < -0.3 is 9.88 Å². The van der Waals surface area contributed by atoms with Gasteiger partial charge >= 0.3 is 0 Å². The number of H-pyrrole nitrogens is 1. The molecule has 0 radical (unpaired) electrons. The van der Waals surface area contributed by atoms with Crippen molar-refractivity contribution in [2.75, 3.05) is 13.6 Å². The molecule has 92 valence electrons. The SMILES string of the molecule is CCCCN(C)C=O.c1ccc2[nH]cnc2c1. The van der Waals surface area contributed by atoms with Crippen LogP contribution < -0.4 is 0 Å². The lowest BCUT2D eigenvalue weighted by Crippen LogP contribution is -2.16. The van der Waals surface area contributed by atoms with Crippen molar-refractivity contribution in [1.29, 1.82) is 0 Å². The number of hydrogen-bond donors (Lipinski definition) is 1. The van der Waals surface area contributed by atoms with E-state index in [2.05, 4.69) is 16.9 Å². The Labute approximate surface area is 102 Å². The summed E-state index contributed by atoms with van der Waals surface area (Å²) in [7, 11) is 1.79. The maximum absolute atomic E-state index is 9.94. The van der Waals surface area contributed by atoms with Crippen LogP contribution in [0.25, 0.3) is 11.0 Å². The van der Waals surface area contributed by atoms with E-state index in [1.807, 2.05) is 24.3 Å². The highest BCUT2D eigenvalue weighted by atomic mass is 16.1. The fourth-order valence-electron chi connectivity index (χ4n) is 1.34. The predicted molar refractivity (Wildman–Crippen MR) is 69.7 cm³/mol. The molecule has 0 fully saturated rings. The minimum absolute atomic E-state index is 0.857. The van der Waals surface area contributed by atoms with E-state index in [4.69, 9.17) is 0 Å². The second-order valence-electron chi connectivity index (χ2n) is 3.86. The van der Waals surface area contributed by atoms with Crippen LogP contribution in [-0.4, -0.2) is 34.9 Å². The largest absolute Gasteiger partial charge is 0.348 e. The lowest BCUT2D eigenvalue weighted by molar-refractivity contribution is -0.117. The summed E-state index contributed by atoms with van der Waals surface area (Å²) >= 11 is 0. The summed E-state index contributed by atoms with van der Waals surface area (Å²) in [6.07, 6.45) is 4.81. The van der Waals surface area contributed by atoms with Crippen molar-refractivity contribution >= 4 is 17.4 Å². The highest BCUT2D eigenvalue weighted by Crippen LogP contribution is 2.05. The summed E-state index contributed by atoms with van der Waals surface area (Å²) in [6, 6.07) is 7.94. The minimum atomic E-state index is 0.857. The summed E-state index contributed by atoms with van der Waals surface area (Å²) in [5.74, 6) is 0. The van der Waals surface area contributed by atoms with Crippen LogP contribution in [0.3, 0.4) is 0 Å². The van der Waals surface area contributed by atoms with Gasteiger partial charge in [-0.15, -0.1) is 0 Å². The summed E-state index contributed by atoms with van der Waals surface area (Å²) in [5.41, 5.74) is 2.12. The third-order valence-electron chi connectivity index (χ3n) is 2.37. The number of hydrogen-bond acceptors (Lipinski definition) is 2. The van der Waals surface area contributed by atoms with E-state index >= 15 is 0 Å². The maximum Gasteiger partial charge on any atom is 0.209 e. The van der Waals surface area contributed by atoms with Gasteiger partial charge in [0, 0.05) is 13.6 Å². The fourth-order valence-corrected chi connectivity index (χ4v) is 1.34. The second-order valence-corrected chi connectivity index (χ2v) is 3.86. The number of aromatic nitrogens is 2. The van der Waals surface area contributed by atoms with Crippen molar-refractivity contribution in [1.82, 2.24) is 14.9 Å². The van der Waals surface area contributed by atoms with Gasteiger partial charge in [-0.25, -0.2) is 4.98 Å². The molecule has 4 nitrogen and oxygen atoms in total. The maximum atomic E-state index is 9.94. The number of amides is 1. The van der Waals surface area contributed by atoms with E-state index in [1.54, 1.807) is 18.3 Å². The number of carbonyl (C=O) groups excluding carboxylic acids is 1. The Hall–Kier alpha value is -1.84. The summed E-state index contributed by atoms with van der Waals surface area (Å²) in [6.45, 7) is 3.00. The van der Waals surface area contributed by atoms with E-state index in [0.717, 1.165) is 36.8 Å². The number of unbranched alkanes of at least 4 members (excludes halogenated alkanes) is 1. The molecule has 0 aliphatic carbocycles. The van der Waals surface area contributed by atoms with Crippen LogP contribution >= 0.6 is 0 Å². The van der Waals surface area contributed by atoms with Crippen molar-refractivity contribution in [2.45, 2.75) is 19.8 Å². The number of carbonyl (C=O) groups is 1. The average molecular weight is 233 g/mol. The van der Waals surface area contributed by atoms with E-state index in [9.17, 15) is 4.79 Å². The fraction of sp³-hybridized carbons (Fsp3) is 0.385. The number of nitrogens with zero attached hydrogens (tertiary/aromatic N) is 2. The Kier molecular flexibility index (Phi) is 5.79. The molecule has 0 bridgehead atoms. The normalized spacial score (nSPS) is 9.53. The zero-order valence-corrected chi connectivity index (χ0v) is 10.4. The van der Waals surface area contributed by atoms with Crippen molar-refractivity contribution in [3.05, 3.63) is 30.6 Å². The zero-order chi connectivity index (χ0) is 12.5. The van der Waals surface area contributed by atoms with E-state index in [1.165, 1.54) is 0 Å². The molecule has 1 heterocycles. The highest BCUT2D eigenvalue weighted by Gasteiger charge is 1.88. The van der Waals surface area contributed by atoms with Crippen molar-refractivity contribution < 1.29 is 4.79 Å². The van der Waals surface area contributed by atoms with Crippen LogP contribution in [0.4, 0.5) is 0 Å². The van der Waals surface area contributed by atoms with E-state index < -0.39 is 0 Å². The van der Waals surface area contributed by atoms with Crippen LogP contribution in [0.15, 0.2) is 30.6 Å². The van der Waals surface area contributed by atoms with E-state index in [0.29, 0.717) is 0 Å². The Morgan fingerprint density at radius 3 is 2.82 bits per heavy atom. The number of para-hydroxylation sites is 2.